The monoisotopic (exact) mass is 378 g/mol. The molecule has 0 spiro atoms. The van der Waals surface area contributed by atoms with Crippen LogP contribution in [0.3, 0.4) is 0 Å². The van der Waals surface area contributed by atoms with E-state index in [2.05, 4.69) is 41.5 Å². The van der Waals surface area contributed by atoms with Crippen LogP contribution in [0.25, 0.3) is 11.1 Å². The lowest BCUT2D eigenvalue weighted by molar-refractivity contribution is 0.415. The summed E-state index contributed by atoms with van der Waals surface area (Å²) in [6.45, 7) is 0. The Balaban J connectivity index is 1.74. The number of rotatable bonds is 6. The molecule has 0 unspecified atom stereocenters. The van der Waals surface area contributed by atoms with Crippen LogP contribution in [0.4, 0.5) is 5.69 Å². The van der Waals surface area contributed by atoms with E-state index in [0.717, 1.165) is 22.3 Å². The van der Waals surface area contributed by atoms with Crippen molar-refractivity contribution in [3.63, 3.8) is 0 Å². The number of azo groups is 1. The molecule has 0 amide bonds. The van der Waals surface area contributed by atoms with Crippen LogP contribution in [-0.4, -0.2) is 7.11 Å². The number of benzene rings is 4. The molecule has 142 valence electrons. The van der Waals surface area contributed by atoms with Gasteiger partial charge in [0.05, 0.1) is 7.11 Å². The fourth-order valence-corrected chi connectivity index (χ4v) is 3.29. The zero-order valence-electron chi connectivity index (χ0n) is 16.3. The van der Waals surface area contributed by atoms with Crippen molar-refractivity contribution in [2.75, 3.05) is 7.11 Å². The van der Waals surface area contributed by atoms with Crippen LogP contribution in [0.15, 0.2) is 119 Å². The van der Waals surface area contributed by atoms with Crippen LogP contribution < -0.4 is 4.74 Å². The largest absolute Gasteiger partial charge is 0.494 e. The van der Waals surface area contributed by atoms with Crippen molar-refractivity contribution >= 4 is 5.69 Å². The van der Waals surface area contributed by atoms with Crippen molar-refractivity contribution in [3.8, 4) is 16.9 Å². The van der Waals surface area contributed by atoms with E-state index in [-0.39, 0.29) is 6.04 Å². The summed E-state index contributed by atoms with van der Waals surface area (Å²) in [5.74, 6) is 0.702. The van der Waals surface area contributed by atoms with E-state index in [4.69, 9.17) is 9.85 Å². The zero-order chi connectivity index (χ0) is 19.9. The molecule has 0 fully saturated rings. The molecule has 0 heterocycles. The molecule has 29 heavy (non-hydrogen) atoms. The third-order valence-electron chi connectivity index (χ3n) is 4.80. The highest BCUT2D eigenvalue weighted by atomic mass is 16.5. The van der Waals surface area contributed by atoms with Crippen LogP contribution in [0.1, 0.15) is 17.2 Å². The average Bonchev–Trinajstić information content (AvgIpc) is 2.81. The lowest BCUT2D eigenvalue weighted by Crippen LogP contribution is -1.97. The molecule has 0 saturated heterocycles. The van der Waals surface area contributed by atoms with Crippen LogP contribution in [0, 0.1) is 0 Å². The van der Waals surface area contributed by atoms with E-state index in [1.54, 1.807) is 7.11 Å². The highest BCUT2D eigenvalue weighted by Crippen LogP contribution is 2.35. The molecule has 0 bridgehead atoms. The lowest BCUT2D eigenvalue weighted by atomic mass is 10.00. The van der Waals surface area contributed by atoms with Crippen LogP contribution in [0.2, 0.25) is 0 Å². The first-order valence-electron chi connectivity index (χ1n) is 9.59. The van der Waals surface area contributed by atoms with Gasteiger partial charge in [-0.15, -0.1) is 0 Å². The molecule has 0 aromatic heterocycles. The van der Waals surface area contributed by atoms with Gasteiger partial charge in [0.25, 0.3) is 0 Å². The highest BCUT2D eigenvalue weighted by molar-refractivity contribution is 5.70. The van der Waals surface area contributed by atoms with E-state index in [1.807, 2.05) is 72.8 Å². The molecule has 3 nitrogen and oxygen atoms in total. The Bertz CT molecular complexity index is 1040. The molecule has 0 radical (unpaired) electrons. The van der Waals surface area contributed by atoms with Gasteiger partial charge >= 0.3 is 0 Å². The first-order chi connectivity index (χ1) is 14.3. The van der Waals surface area contributed by atoms with Crippen LogP contribution in [-0.2, 0) is 0 Å². The Morgan fingerprint density at radius 1 is 0.621 bits per heavy atom. The van der Waals surface area contributed by atoms with E-state index in [0.29, 0.717) is 11.4 Å². The first-order valence-corrected chi connectivity index (χ1v) is 9.59. The van der Waals surface area contributed by atoms with Gasteiger partial charge in [0.15, 0.2) is 0 Å². The number of hydrogen-bond acceptors (Lipinski definition) is 3. The van der Waals surface area contributed by atoms with Crippen molar-refractivity contribution in [2.45, 2.75) is 6.04 Å². The van der Waals surface area contributed by atoms with Crippen molar-refractivity contribution in [2.24, 2.45) is 10.2 Å². The maximum atomic E-state index is 5.53. The fraction of sp³-hybridized carbons (Fsp3) is 0.0769. The summed E-state index contributed by atoms with van der Waals surface area (Å²) in [6.07, 6.45) is 0. The van der Waals surface area contributed by atoms with E-state index >= 15 is 0 Å². The quantitative estimate of drug-likeness (QED) is 0.326. The van der Waals surface area contributed by atoms with E-state index < -0.39 is 0 Å². The van der Waals surface area contributed by atoms with Gasteiger partial charge in [0, 0.05) is 0 Å². The summed E-state index contributed by atoms with van der Waals surface area (Å²) < 4.78 is 5.53. The Kier molecular flexibility index (Phi) is 5.77. The van der Waals surface area contributed by atoms with E-state index in [9.17, 15) is 0 Å². The van der Waals surface area contributed by atoms with Crippen LogP contribution in [0.5, 0.6) is 5.75 Å². The molecule has 0 atom stereocenters. The molecule has 4 aromatic rings. The Morgan fingerprint density at radius 2 is 1.17 bits per heavy atom. The van der Waals surface area contributed by atoms with Gasteiger partial charge in [0.2, 0.25) is 0 Å². The molecule has 0 aliphatic rings. The van der Waals surface area contributed by atoms with Gasteiger partial charge in [-0.25, -0.2) is 0 Å². The Morgan fingerprint density at radius 3 is 1.72 bits per heavy atom. The summed E-state index contributed by atoms with van der Waals surface area (Å²) in [5.41, 5.74) is 5.12. The standard InChI is InChI=1S/C26H22N2O/c1-29-25-18-17-23(20-11-5-2-6-12-20)19-24(25)27-28-26(21-13-7-3-8-14-21)22-15-9-4-10-16-22/h2-19,26H,1H3. The summed E-state index contributed by atoms with van der Waals surface area (Å²) in [7, 11) is 1.66. The van der Waals surface area contributed by atoms with Crippen molar-refractivity contribution in [1.29, 1.82) is 0 Å². The summed E-state index contributed by atoms with van der Waals surface area (Å²) in [6, 6.07) is 36.5. The second-order valence-corrected chi connectivity index (χ2v) is 6.69. The molecule has 4 rings (SSSR count). The minimum Gasteiger partial charge on any atom is -0.494 e. The summed E-state index contributed by atoms with van der Waals surface area (Å²) in [5, 5.41) is 9.34. The molecular weight excluding hydrogens is 356 g/mol. The molecule has 0 N–H and O–H groups in total. The first kappa shape index (κ1) is 18.6. The lowest BCUT2D eigenvalue weighted by Gasteiger charge is -2.13. The molecule has 0 saturated carbocycles. The Hall–Kier alpha value is -3.72. The second-order valence-electron chi connectivity index (χ2n) is 6.69. The van der Waals surface area contributed by atoms with Crippen molar-refractivity contribution in [3.05, 3.63) is 120 Å². The minimum absolute atomic E-state index is 0.178. The molecule has 0 aliphatic carbocycles. The molecule has 0 aliphatic heterocycles. The minimum atomic E-state index is -0.178. The number of ether oxygens (including phenoxy) is 1. The maximum absolute atomic E-state index is 5.53. The number of nitrogens with zero attached hydrogens (tertiary/aromatic N) is 2. The smallest absolute Gasteiger partial charge is 0.146 e. The van der Waals surface area contributed by atoms with Crippen molar-refractivity contribution < 1.29 is 4.74 Å². The number of hydrogen-bond donors (Lipinski definition) is 0. The van der Waals surface area contributed by atoms with E-state index in [1.165, 1.54) is 0 Å². The predicted molar refractivity (Wildman–Crippen MR) is 118 cm³/mol. The van der Waals surface area contributed by atoms with Crippen molar-refractivity contribution in [1.82, 2.24) is 0 Å². The second kappa shape index (κ2) is 8.98. The predicted octanol–water partition coefficient (Wildman–Crippen LogP) is 7.24. The van der Waals surface area contributed by atoms with Gasteiger partial charge in [-0.2, -0.15) is 10.2 Å². The van der Waals surface area contributed by atoms with Gasteiger partial charge in [0.1, 0.15) is 17.5 Å². The topological polar surface area (TPSA) is 34.0 Å². The SMILES string of the molecule is COc1ccc(-c2ccccc2)cc1N=NC(c1ccccc1)c1ccccc1. The van der Waals surface area contributed by atoms with Gasteiger partial charge in [-0.05, 0) is 34.4 Å². The van der Waals surface area contributed by atoms with Crippen LogP contribution >= 0.6 is 0 Å². The normalized spacial score (nSPS) is 11.1. The molecular formula is C26H22N2O. The molecule has 4 aromatic carbocycles. The highest BCUT2D eigenvalue weighted by Gasteiger charge is 2.13. The average molecular weight is 378 g/mol. The number of methoxy groups -OCH3 is 1. The van der Waals surface area contributed by atoms with Gasteiger partial charge < -0.3 is 4.74 Å². The van der Waals surface area contributed by atoms with Gasteiger partial charge in [-0.3, -0.25) is 0 Å². The fourth-order valence-electron chi connectivity index (χ4n) is 3.29. The summed E-state index contributed by atoms with van der Waals surface area (Å²) >= 11 is 0. The zero-order valence-corrected chi connectivity index (χ0v) is 16.3. The maximum Gasteiger partial charge on any atom is 0.146 e. The third kappa shape index (κ3) is 4.41. The third-order valence-corrected chi connectivity index (χ3v) is 4.80. The summed E-state index contributed by atoms with van der Waals surface area (Å²) in [4.78, 5) is 0. The van der Waals surface area contributed by atoms with Gasteiger partial charge in [-0.1, -0.05) is 97.1 Å². The molecule has 3 heteroatoms. The Labute approximate surface area is 171 Å².